The van der Waals surface area contributed by atoms with E-state index in [9.17, 15) is 0 Å². The summed E-state index contributed by atoms with van der Waals surface area (Å²) in [5, 5.41) is 0. The van der Waals surface area contributed by atoms with Crippen LogP contribution in [0.1, 0.15) is 19.3 Å². The number of nitrogens with zero attached hydrogens (tertiary/aromatic N) is 2. The summed E-state index contributed by atoms with van der Waals surface area (Å²) < 4.78 is 2.09. The molecule has 1 aromatic heterocycles. The van der Waals surface area contributed by atoms with Crippen LogP contribution in [-0.2, 0) is 6.54 Å². The van der Waals surface area contributed by atoms with Gasteiger partial charge in [0.1, 0.15) is 0 Å². The minimum atomic E-state index is 0.782. The molecule has 1 aromatic rings. The first-order valence-corrected chi connectivity index (χ1v) is 4.48. The first kappa shape index (κ1) is 8.60. The number of rotatable bonds is 5. The third kappa shape index (κ3) is 3.42. The smallest absolute Gasteiger partial charge is 0.0945 e. The number of hydrogen-bond donors (Lipinski definition) is 0. The van der Waals surface area contributed by atoms with Gasteiger partial charge in [0.05, 0.1) is 6.33 Å². The van der Waals surface area contributed by atoms with Crippen LogP contribution in [0.3, 0.4) is 0 Å². The monoisotopic (exact) mass is 172 g/mol. The molecule has 1 heterocycles. The number of halogens is 1. The Kier molecular flexibility index (Phi) is 4.06. The van der Waals surface area contributed by atoms with E-state index in [0.29, 0.717) is 0 Å². The predicted octanol–water partition coefficient (Wildman–Crippen LogP) is 2.29. The first-order chi connectivity index (χ1) is 5.43. The molecule has 0 atom stereocenters. The predicted molar refractivity (Wildman–Crippen MR) is 46.8 cm³/mol. The lowest BCUT2D eigenvalue weighted by molar-refractivity contribution is 0.603. The van der Waals surface area contributed by atoms with Crippen LogP contribution in [0.2, 0.25) is 0 Å². The topological polar surface area (TPSA) is 17.8 Å². The Labute approximate surface area is 72.2 Å². The van der Waals surface area contributed by atoms with Gasteiger partial charge < -0.3 is 4.57 Å². The van der Waals surface area contributed by atoms with E-state index in [4.69, 9.17) is 11.6 Å². The van der Waals surface area contributed by atoms with Gasteiger partial charge in [-0.2, -0.15) is 0 Å². The Morgan fingerprint density at radius 1 is 1.27 bits per heavy atom. The van der Waals surface area contributed by atoms with Gasteiger partial charge >= 0.3 is 0 Å². The Bertz CT molecular complexity index is 172. The molecule has 0 aliphatic carbocycles. The van der Waals surface area contributed by atoms with Crippen LogP contribution in [0.15, 0.2) is 18.7 Å². The molecule has 0 aliphatic rings. The summed E-state index contributed by atoms with van der Waals surface area (Å²) in [4.78, 5) is 3.96. The molecule has 0 bridgehead atoms. The molecule has 0 saturated carbocycles. The summed E-state index contributed by atoms with van der Waals surface area (Å²) in [6.07, 6.45) is 9.17. The van der Waals surface area contributed by atoms with Crippen molar-refractivity contribution in [2.45, 2.75) is 25.8 Å². The standard InChI is InChI=1S/C8H13ClN2/c9-4-2-1-3-6-11-7-5-10-8-11/h5,7-8H,1-4,6H2. The Morgan fingerprint density at radius 3 is 2.82 bits per heavy atom. The molecule has 0 radical (unpaired) electrons. The molecule has 0 fully saturated rings. The van der Waals surface area contributed by atoms with Gasteiger partial charge in [-0.15, -0.1) is 11.6 Å². The zero-order chi connectivity index (χ0) is 7.94. The Morgan fingerprint density at radius 2 is 2.18 bits per heavy atom. The van der Waals surface area contributed by atoms with E-state index < -0.39 is 0 Å². The first-order valence-electron chi connectivity index (χ1n) is 3.95. The van der Waals surface area contributed by atoms with Crippen molar-refractivity contribution in [3.05, 3.63) is 18.7 Å². The van der Waals surface area contributed by atoms with Crippen molar-refractivity contribution in [3.63, 3.8) is 0 Å². The van der Waals surface area contributed by atoms with E-state index in [1.54, 1.807) is 0 Å². The van der Waals surface area contributed by atoms with Crippen LogP contribution >= 0.6 is 11.6 Å². The number of aromatic nitrogens is 2. The van der Waals surface area contributed by atoms with Crippen molar-refractivity contribution in [1.29, 1.82) is 0 Å². The van der Waals surface area contributed by atoms with Crippen LogP contribution in [-0.4, -0.2) is 15.4 Å². The van der Waals surface area contributed by atoms with E-state index in [-0.39, 0.29) is 0 Å². The molecule has 11 heavy (non-hydrogen) atoms. The molecule has 1 rings (SSSR count). The van der Waals surface area contributed by atoms with Crippen molar-refractivity contribution in [3.8, 4) is 0 Å². The van der Waals surface area contributed by atoms with E-state index in [0.717, 1.165) is 18.8 Å². The van der Waals surface area contributed by atoms with Gasteiger partial charge in [0, 0.05) is 24.8 Å². The lowest BCUT2D eigenvalue weighted by Crippen LogP contribution is -1.93. The van der Waals surface area contributed by atoms with Gasteiger partial charge in [-0.3, -0.25) is 0 Å². The Hall–Kier alpha value is -0.500. The lowest BCUT2D eigenvalue weighted by Gasteiger charge is -1.99. The van der Waals surface area contributed by atoms with Gasteiger partial charge in [0.25, 0.3) is 0 Å². The zero-order valence-electron chi connectivity index (χ0n) is 6.54. The highest BCUT2D eigenvalue weighted by molar-refractivity contribution is 6.17. The third-order valence-electron chi connectivity index (χ3n) is 1.61. The number of unbranched alkanes of at least 4 members (excludes halogenated alkanes) is 2. The van der Waals surface area contributed by atoms with Crippen LogP contribution in [0.4, 0.5) is 0 Å². The van der Waals surface area contributed by atoms with E-state index >= 15 is 0 Å². The highest BCUT2D eigenvalue weighted by Crippen LogP contribution is 1.99. The molecule has 0 aliphatic heterocycles. The minimum absolute atomic E-state index is 0.782. The van der Waals surface area contributed by atoms with Gasteiger partial charge in [0.15, 0.2) is 0 Å². The van der Waals surface area contributed by atoms with Crippen molar-refractivity contribution >= 4 is 11.6 Å². The Balaban J connectivity index is 2.04. The second-order valence-electron chi connectivity index (χ2n) is 2.55. The summed E-state index contributed by atoms with van der Waals surface area (Å²) in [6, 6.07) is 0. The molecule has 0 amide bonds. The summed E-state index contributed by atoms with van der Waals surface area (Å²) >= 11 is 5.54. The van der Waals surface area contributed by atoms with Crippen LogP contribution in [0.5, 0.6) is 0 Å². The van der Waals surface area contributed by atoms with Crippen molar-refractivity contribution in [1.82, 2.24) is 9.55 Å². The van der Waals surface area contributed by atoms with Crippen LogP contribution in [0, 0.1) is 0 Å². The maximum absolute atomic E-state index is 5.54. The SMILES string of the molecule is ClCCCCCn1ccnc1. The molecule has 2 nitrogen and oxygen atoms in total. The minimum Gasteiger partial charge on any atom is -0.337 e. The summed E-state index contributed by atoms with van der Waals surface area (Å²) in [5.41, 5.74) is 0. The molecular weight excluding hydrogens is 160 g/mol. The van der Waals surface area contributed by atoms with Gasteiger partial charge in [0.2, 0.25) is 0 Å². The van der Waals surface area contributed by atoms with Crippen molar-refractivity contribution < 1.29 is 0 Å². The maximum Gasteiger partial charge on any atom is 0.0945 e. The van der Waals surface area contributed by atoms with Gasteiger partial charge in [-0.25, -0.2) is 4.98 Å². The molecule has 0 aromatic carbocycles. The highest BCUT2D eigenvalue weighted by atomic mass is 35.5. The number of aryl methyl sites for hydroxylation is 1. The fourth-order valence-corrected chi connectivity index (χ4v) is 1.17. The molecule has 0 spiro atoms. The van der Waals surface area contributed by atoms with Gasteiger partial charge in [-0.05, 0) is 12.8 Å². The summed E-state index contributed by atoms with van der Waals surface area (Å²) in [6.45, 7) is 1.07. The zero-order valence-corrected chi connectivity index (χ0v) is 7.30. The van der Waals surface area contributed by atoms with E-state index in [1.165, 1.54) is 12.8 Å². The van der Waals surface area contributed by atoms with E-state index in [1.807, 2.05) is 18.7 Å². The van der Waals surface area contributed by atoms with Crippen LogP contribution < -0.4 is 0 Å². The lowest BCUT2D eigenvalue weighted by atomic mass is 10.2. The summed E-state index contributed by atoms with van der Waals surface area (Å²) in [7, 11) is 0. The molecule has 62 valence electrons. The molecular formula is C8H13ClN2. The van der Waals surface area contributed by atoms with Gasteiger partial charge in [-0.1, -0.05) is 6.42 Å². The average Bonchev–Trinajstić information content (AvgIpc) is 2.50. The number of alkyl halides is 1. The van der Waals surface area contributed by atoms with Crippen LogP contribution in [0.25, 0.3) is 0 Å². The molecule has 0 saturated heterocycles. The second kappa shape index (κ2) is 5.19. The van der Waals surface area contributed by atoms with Crippen molar-refractivity contribution in [2.75, 3.05) is 5.88 Å². The highest BCUT2D eigenvalue weighted by Gasteiger charge is 1.89. The third-order valence-corrected chi connectivity index (χ3v) is 1.88. The molecule has 3 heteroatoms. The van der Waals surface area contributed by atoms with E-state index in [2.05, 4.69) is 9.55 Å². The number of hydrogen-bond acceptors (Lipinski definition) is 1. The maximum atomic E-state index is 5.54. The fourth-order valence-electron chi connectivity index (χ4n) is 0.985. The van der Waals surface area contributed by atoms with Crippen molar-refractivity contribution in [2.24, 2.45) is 0 Å². The summed E-state index contributed by atoms with van der Waals surface area (Å²) in [5.74, 6) is 0.782. The molecule has 0 unspecified atom stereocenters. The average molecular weight is 173 g/mol. The normalized spacial score (nSPS) is 10.3. The molecule has 0 N–H and O–H groups in total. The fraction of sp³-hybridized carbons (Fsp3) is 0.625. The second-order valence-corrected chi connectivity index (χ2v) is 2.93. The quantitative estimate of drug-likeness (QED) is 0.492. The largest absolute Gasteiger partial charge is 0.337 e. The number of imidazole rings is 1.